The summed E-state index contributed by atoms with van der Waals surface area (Å²) in [6.07, 6.45) is -1.48. The van der Waals surface area contributed by atoms with E-state index >= 15 is 0 Å². The number of fused-ring (bicyclic) bond motifs is 4. The molecule has 7 rings (SSSR count). The van der Waals surface area contributed by atoms with Crippen LogP contribution in [0.2, 0.25) is 5.02 Å². The second-order valence-electron chi connectivity index (χ2n) is 10.1. The van der Waals surface area contributed by atoms with E-state index < -0.39 is 12.6 Å². The normalized spacial score (nSPS) is 19.8. The number of piperazine rings is 1. The summed E-state index contributed by atoms with van der Waals surface area (Å²) in [5, 5.41) is 0.668. The van der Waals surface area contributed by atoms with Crippen molar-refractivity contribution in [1.82, 2.24) is 19.2 Å². The molecular formula is C29H26ClF3N4O. The number of aromatic nitrogens is 2. The Hall–Kier alpha value is -3.36. The highest BCUT2D eigenvalue weighted by molar-refractivity contribution is 6.30. The molecule has 3 aliphatic rings. The molecule has 3 saturated heterocycles. The molecule has 4 aromatic rings. The Balaban J connectivity index is 1.24. The van der Waals surface area contributed by atoms with Gasteiger partial charge in [0.2, 0.25) is 0 Å². The van der Waals surface area contributed by atoms with Gasteiger partial charge < -0.3 is 9.30 Å². The van der Waals surface area contributed by atoms with Crippen LogP contribution in [0.5, 0.6) is 0 Å². The zero-order valence-electron chi connectivity index (χ0n) is 20.5. The smallest absolute Gasteiger partial charge is 0.333 e. The molecule has 0 spiro atoms. The van der Waals surface area contributed by atoms with Crippen molar-refractivity contribution in [2.24, 2.45) is 0 Å². The van der Waals surface area contributed by atoms with E-state index in [1.807, 2.05) is 53.6 Å². The number of amides is 1. The van der Waals surface area contributed by atoms with Crippen molar-refractivity contribution in [2.75, 3.05) is 13.1 Å². The maximum absolute atomic E-state index is 13.4. The van der Waals surface area contributed by atoms with Crippen LogP contribution in [0.15, 0.2) is 72.9 Å². The number of carbonyl (C=O) groups is 1. The van der Waals surface area contributed by atoms with Crippen molar-refractivity contribution < 1.29 is 18.0 Å². The lowest BCUT2D eigenvalue weighted by molar-refractivity contribution is -0.127. The van der Waals surface area contributed by atoms with Gasteiger partial charge in [0.15, 0.2) is 0 Å². The minimum atomic E-state index is -4.31. The summed E-state index contributed by atoms with van der Waals surface area (Å²) in [6.45, 7) is 1.94. The van der Waals surface area contributed by atoms with Crippen LogP contribution >= 0.6 is 11.6 Å². The number of imidazole rings is 1. The van der Waals surface area contributed by atoms with E-state index in [0.29, 0.717) is 30.2 Å². The number of rotatable bonds is 5. The first-order chi connectivity index (χ1) is 18.2. The van der Waals surface area contributed by atoms with Gasteiger partial charge in [-0.25, -0.2) is 4.98 Å². The summed E-state index contributed by atoms with van der Waals surface area (Å²) in [5.74, 6) is -0.194. The Bertz CT molecular complexity index is 1480. The molecule has 5 heterocycles. The van der Waals surface area contributed by atoms with E-state index in [4.69, 9.17) is 16.6 Å². The van der Waals surface area contributed by atoms with E-state index in [1.54, 1.807) is 6.07 Å². The number of pyridine rings is 1. The molecule has 2 aromatic heterocycles. The van der Waals surface area contributed by atoms with Crippen molar-refractivity contribution in [1.29, 1.82) is 0 Å². The summed E-state index contributed by atoms with van der Waals surface area (Å²) in [7, 11) is 0. The Kier molecular flexibility index (Phi) is 6.40. The molecular weight excluding hydrogens is 513 g/mol. The highest BCUT2D eigenvalue weighted by atomic mass is 35.5. The highest BCUT2D eigenvalue weighted by Gasteiger charge is 2.41. The predicted molar refractivity (Wildman–Crippen MR) is 140 cm³/mol. The Labute approximate surface area is 223 Å². The van der Waals surface area contributed by atoms with E-state index in [9.17, 15) is 18.0 Å². The zero-order valence-corrected chi connectivity index (χ0v) is 21.3. The molecule has 0 aliphatic carbocycles. The van der Waals surface area contributed by atoms with Gasteiger partial charge in [-0.3, -0.25) is 9.69 Å². The molecule has 38 heavy (non-hydrogen) atoms. The SMILES string of the molecule is O=C(c1cccc(CC(F)(F)F)c1)N1CC2CCC1CN2Cc1c(-c2ccc(Cl)cc2)nc2ccccn12. The summed E-state index contributed by atoms with van der Waals surface area (Å²) in [5.41, 5.74) is 4.26. The van der Waals surface area contributed by atoms with Gasteiger partial charge in [-0.2, -0.15) is 13.2 Å². The maximum atomic E-state index is 13.4. The molecule has 2 aromatic carbocycles. The molecule has 2 unspecified atom stereocenters. The number of benzene rings is 2. The molecule has 9 heteroatoms. The quantitative estimate of drug-likeness (QED) is 0.302. The van der Waals surface area contributed by atoms with E-state index in [-0.39, 0.29) is 23.6 Å². The van der Waals surface area contributed by atoms with Crippen LogP contribution in [0, 0.1) is 0 Å². The van der Waals surface area contributed by atoms with Gasteiger partial charge >= 0.3 is 6.18 Å². The van der Waals surface area contributed by atoms with E-state index in [0.717, 1.165) is 35.4 Å². The zero-order chi connectivity index (χ0) is 26.4. The summed E-state index contributed by atoms with van der Waals surface area (Å²) in [4.78, 5) is 22.5. The average Bonchev–Trinajstić information content (AvgIpc) is 3.26. The molecule has 196 valence electrons. The van der Waals surface area contributed by atoms with Crippen LogP contribution in [-0.2, 0) is 13.0 Å². The third kappa shape index (κ3) is 4.90. The first-order valence-electron chi connectivity index (χ1n) is 12.7. The van der Waals surface area contributed by atoms with Crippen LogP contribution in [0.25, 0.3) is 16.9 Å². The molecule has 0 N–H and O–H groups in total. The number of alkyl halides is 3. The minimum Gasteiger partial charge on any atom is -0.333 e. The van der Waals surface area contributed by atoms with Crippen LogP contribution in [-0.4, -0.2) is 56.4 Å². The predicted octanol–water partition coefficient (Wildman–Crippen LogP) is 6.25. The van der Waals surface area contributed by atoms with Gasteiger partial charge in [-0.1, -0.05) is 41.9 Å². The van der Waals surface area contributed by atoms with Crippen LogP contribution in [0.1, 0.15) is 34.5 Å². The van der Waals surface area contributed by atoms with Gasteiger partial charge in [-0.15, -0.1) is 0 Å². The number of piperidine rings is 2. The molecule has 5 nitrogen and oxygen atoms in total. The fourth-order valence-electron chi connectivity index (χ4n) is 5.80. The summed E-state index contributed by atoms with van der Waals surface area (Å²) >= 11 is 6.12. The second-order valence-corrected chi connectivity index (χ2v) is 10.5. The molecule has 0 radical (unpaired) electrons. The van der Waals surface area contributed by atoms with Gasteiger partial charge in [0.1, 0.15) is 5.65 Å². The lowest BCUT2D eigenvalue weighted by atomic mass is 9.89. The largest absolute Gasteiger partial charge is 0.393 e. The highest BCUT2D eigenvalue weighted by Crippen LogP contribution is 2.34. The van der Waals surface area contributed by atoms with Crippen LogP contribution < -0.4 is 0 Å². The summed E-state index contributed by atoms with van der Waals surface area (Å²) in [6, 6.07) is 19.7. The van der Waals surface area contributed by atoms with E-state index in [2.05, 4.69) is 9.30 Å². The van der Waals surface area contributed by atoms with Crippen LogP contribution in [0.3, 0.4) is 0 Å². The molecule has 1 amide bonds. The fraction of sp³-hybridized carbons (Fsp3) is 0.310. The third-order valence-electron chi connectivity index (χ3n) is 7.58. The monoisotopic (exact) mass is 538 g/mol. The number of carbonyl (C=O) groups excluding carboxylic acids is 1. The Morgan fingerprint density at radius 2 is 1.76 bits per heavy atom. The minimum absolute atomic E-state index is 0.0111. The van der Waals surface area contributed by atoms with E-state index in [1.165, 1.54) is 18.2 Å². The Morgan fingerprint density at radius 1 is 0.974 bits per heavy atom. The Morgan fingerprint density at radius 3 is 2.50 bits per heavy atom. The van der Waals surface area contributed by atoms with Gasteiger partial charge in [0, 0.05) is 54.1 Å². The maximum Gasteiger partial charge on any atom is 0.393 e. The number of hydrogen-bond acceptors (Lipinski definition) is 3. The van der Waals surface area contributed by atoms with Crippen LogP contribution in [0.4, 0.5) is 13.2 Å². The van der Waals surface area contributed by atoms with Crippen molar-refractivity contribution in [3.8, 4) is 11.3 Å². The second kappa shape index (κ2) is 9.75. The average molecular weight is 539 g/mol. The van der Waals surface area contributed by atoms with Crippen molar-refractivity contribution in [2.45, 2.75) is 44.1 Å². The van der Waals surface area contributed by atoms with Gasteiger partial charge in [0.05, 0.1) is 17.8 Å². The fourth-order valence-corrected chi connectivity index (χ4v) is 5.92. The first-order valence-corrected chi connectivity index (χ1v) is 13.1. The molecule has 2 bridgehead atoms. The number of hydrogen-bond donors (Lipinski definition) is 0. The van der Waals surface area contributed by atoms with Gasteiger partial charge in [0.25, 0.3) is 5.91 Å². The number of nitrogens with zero attached hydrogens (tertiary/aromatic N) is 4. The standard InChI is InChI=1S/C29H26ClF3N4O/c30-22-9-7-20(8-10-22)27-25(36-13-2-1-6-26(36)34-27)18-35-16-24-12-11-23(35)17-37(24)28(38)21-5-3-4-19(14-21)15-29(31,32)33/h1-10,13-14,23-24H,11-12,15-18H2. The number of halogens is 4. The molecule has 3 fully saturated rings. The lowest BCUT2D eigenvalue weighted by Gasteiger charge is -2.51. The molecule has 2 atom stereocenters. The van der Waals surface area contributed by atoms with Gasteiger partial charge in [-0.05, 0) is 54.8 Å². The summed E-state index contributed by atoms with van der Waals surface area (Å²) < 4.78 is 40.8. The van der Waals surface area contributed by atoms with Crippen molar-refractivity contribution in [3.05, 3.63) is 94.8 Å². The van der Waals surface area contributed by atoms with Crippen molar-refractivity contribution in [3.63, 3.8) is 0 Å². The first kappa shape index (κ1) is 24.9. The topological polar surface area (TPSA) is 40.9 Å². The molecule has 0 saturated carbocycles. The molecule has 3 aliphatic heterocycles. The third-order valence-corrected chi connectivity index (χ3v) is 7.83. The lowest BCUT2D eigenvalue weighted by Crippen LogP contribution is -2.63. The van der Waals surface area contributed by atoms with Crippen molar-refractivity contribution >= 4 is 23.2 Å².